The summed E-state index contributed by atoms with van der Waals surface area (Å²) in [4.78, 5) is 28.6. The van der Waals surface area contributed by atoms with Crippen LogP contribution in [0.4, 0.5) is 0 Å². The van der Waals surface area contributed by atoms with E-state index >= 15 is 0 Å². The summed E-state index contributed by atoms with van der Waals surface area (Å²) in [6.45, 7) is 1.98. The van der Waals surface area contributed by atoms with Gasteiger partial charge in [0.05, 0.1) is 6.04 Å². The monoisotopic (exact) mass is 407 g/mol. The summed E-state index contributed by atoms with van der Waals surface area (Å²) >= 11 is 5.96. The predicted molar refractivity (Wildman–Crippen MR) is 109 cm³/mol. The number of hydrogen-bond acceptors (Lipinski definition) is 3. The van der Waals surface area contributed by atoms with E-state index in [4.69, 9.17) is 17.3 Å². The van der Waals surface area contributed by atoms with E-state index in [0.717, 1.165) is 5.56 Å². The van der Waals surface area contributed by atoms with E-state index in [9.17, 15) is 9.59 Å². The zero-order chi connectivity index (χ0) is 18.5. The molecule has 1 aliphatic heterocycles. The Hall–Kier alpha value is -2.08. The highest BCUT2D eigenvalue weighted by Crippen LogP contribution is 2.15. The van der Waals surface area contributed by atoms with Gasteiger partial charge >= 0.3 is 0 Å². The van der Waals surface area contributed by atoms with Gasteiger partial charge in [-0.05, 0) is 30.2 Å². The first kappa shape index (κ1) is 21.2. The fraction of sp³-hybridized carbons (Fsp3) is 0.300. The molecule has 2 aromatic carbocycles. The quantitative estimate of drug-likeness (QED) is 0.846. The Kier molecular flexibility index (Phi) is 7.66. The lowest BCUT2D eigenvalue weighted by atomic mass is 10.1. The highest BCUT2D eigenvalue weighted by atomic mass is 35.5. The smallest absolute Gasteiger partial charge is 0.254 e. The van der Waals surface area contributed by atoms with Crippen molar-refractivity contribution in [2.24, 2.45) is 5.73 Å². The van der Waals surface area contributed by atoms with Crippen LogP contribution >= 0.6 is 24.0 Å². The molecule has 0 unspecified atom stereocenters. The maximum Gasteiger partial charge on any atom is 0.254 e. The molecule has 27 heavy (non-hydrogen) atoms. The standard InChI is InChI=1S/C20H22ClN3O2.ClH/c21-17-8-4-7-16(14-17)19(25)23-9-11-24(12-10-23)20(26)18(22)13-15-5-2-1-3-6-15;/h1-8,14,18H,9-13,22H2;1H/t18-;/m0./s1. The fourth-order valence-corrected chi connectivity index (χ4v) is 3.31. The van der Waals surface area contributed by atoms with Crippen molar-refractivity contribution in [2.75, 3.05) is 26.2 Å². The molecule has 0 aliphatic carbocycles. The minimum Gasteiger partial charge on any atom is -0.338 e. The normalized spacial score (nSPS) is 15.0. The van der Waals surface area contributed by atoms with Crippen LogP contribution in [0.3, 0.4) is 0 Å². The molecule has 1 fully saturated rings. The highest BCUT2D eigenvalue weighted by Gasteiger charge is 2.27. The lowest BCUT2D eigenvalue weighted by molar-refractivity contribution is -0.134. The van der Waals surface area contributed by atoms with Crippen LogP contribution in [0.25, 0.3) is 0 Å². The maximum atomic E-state index is 12.6. The third-order valence-corrected chi connectivity index (χ3v) is 4.80. The first-order chi connectivity index (χ1) is 12.5. The van der Waals surface area contributed by atoms with Crippen LogP contribution in [0.15, 0.2) is 54.6 Å². The first-order valence-electron chi connectivity index (χ1n) is 8.68. The van der Waals surface area contributed by atoms with Crippen molar-refractivity contribution < 1.29 is 9.59 Å². The van der Waals surface area contributed by atoms with Gasteiger partial charge in [0.25, 0.3) is 5.91 Å². The second-order valence-corrected chi connectivity index (χ2v) is 6.86. The highest BCUT2D eigenvalue weighted by molar-refractivity contribution is 6.30. The van der Waals surface area contributed by atoms with Gasteiger partial charge in [0, 0.05) is 36.8 Å². The van der Waals surface area contributed by atoms with E-state index in [1.165, 1.54) is 0 Å². The summed E-state index contributed by atoms with van der Waals surface area (Å²) in [5, 5.41) is 0.538. The number of benzene rings is 2. The van der Waals surface area contributed by atoms with Gasteiger partial charge in [0.15, 0.2) is 0 Å². The van der Waals surface area contributed by atoms with Gasteiger partial charge in [-0.2, -0.15) is 0 Å². The summed E-state index contributed by atoms with van der Waals surface area (Å²) in [6.07, 6.45) is 0.515. The SMILES string of the molecule is Cl.N[C@@H](Cc1ccccc1)C(=O)N1CCN(C(=O)c2cccc(Cl)c2)CC1. The van der Waals surface area contributed by atoms with Crippen LogP contribution < -0.4 is 5.73 Å². The molecule has 1 saturated heterocycles. The van der Waals surface area contributed by atoms with Gasteiger partial charge in [0.1, 0.15) is 0 Å². The first-order valence-corrected chi connectivity index (χ1v) is 9.05. The van der Waals surface area contributed by atoms with Gasteiger partial charge in [-0.3, -0.25) is 9.59 Å². The Morgan fingerprint density at radius 2 is 1.59 bits per heavy atom. The Morgan fingerprint density at radius 1 is 0.963 bits per heavy atom. The molecule has 1 atom stereocenters. The molecule has 1 aliphatic rings. The molecule has 5 nitrogen and oxygen atoms in total. The van der Waals surface area contributed by atoms with Crippen molar-refractivity contribution in [3.05, 3.63) is 70.7 Å². The van der Waals surface area contributed by atoms with E-state index in [2.05, 4.69) is 0 Å². The van der Waals surface area contributed by atoms with Crippen molar-refractivity contribution in [3.63, 3.8) is 0 Å². The molecule has 7 heteroatoms. The van der Waals surface area contributed by atoms with Crippen LogP contribution in [0, 0.1) is 0 Å². The minimum absolute atomic E-state index is 0. The Labute approximate surface area is 170 Å². The third-order valence-electron chi connectivity index (χ3n) is 4.57. The van der Waals surface area contributed by atoms with E-state index in [1.54, 1.807) is 34.1 Å². The predicted octanol–water partition coefficient (Wildman–Crippen LogP) is 2.62. The Bertz CT molecular complexity index is 778. The number of nitrogens with two attached hydrogens (primary N) is 1. The number of nitrogens with zero attached hydrogens (tertiary/aromatic N) is 2. The Balaban J connectivity index is 0.00000261. The zero-order valence-corrected chi connectivity index (χ0v) is 16.5. The van der Waals surface area contributed by atoms with Crippen LogP contribution in [0.2, 0.25) is 5.02 Å². The van der Waals surface area contributed by atoms with E-state index in [1.807, 2.05) is 30.3 Å². The van der Waals surface area contributed by atoms with E-state index < -0.39 is 6.04 Å². The lowest BCUT2D eigenvalue weighted by Gasteiger charge is -2.36. The maximum absolute atomic E-state index is 12.6. The van der Waals surface area contributed by atoms with E-state index in [-0.39, 0.29) is 24.2 Å². The molecule has 3 rings (SSSR count). The van der Waals surface area contributed by atoms with Crippen molar-refractivity contribution >= 4 is 35.8 Å². The van der Waals surface area contributed by atoms with Crippen LogP contribution in [-0.2, 0) is 11.2 Å². The molecular weight excluding hydrogens is 385 g/mol. The van der Waals surface area contributed by atoms with Crippen LogP contribution in [0.1, 0.15) is 15.9 Å². The number of carbonyl (C=O) groups excluding carboxylic acids is 2. The molecule has 0 radical (unpaired) electrons. The number of halogens is 2. The average Bonchev–Trinajstić information content (AvgIpc) is 2.67. The summed E-state index contributed by atoms with van der Waals surface area (Å²) in [6, 6.07) is 16.1. The molecule has 2 N–H and O–H groups in total. The minimum atomic E-state index is -0.562. The van der Waals surface area contributed by atoms with Gasteiger partial charge in [-0.1, -0.05) is 48.0 Å². The van der Waals surface area contributed by atoms with Crippen molar-refractivity contribution in [3.8, 4) is 0 Å². The molecule has 0 aromatic heterocycles. The summed E-state index contributed by atoms with van der Waals surface area (Å²) < 4.78 is 0. The number of carbonyl (C=O) groups is 2. The molecule has 2 amide bonds. The molecule has 0 saturated carbocycles. The van der Waals surface area contributed by atoms with Gasteiger partial charge in [-0.15, -0.1) is 12.4 Å². The van der Waals surface area contributed by atoms with Crippen molar-refractivity contribution in [1.29, 1.82) is 0 Å². The number of amides is 2. The Morgan fingerprint density at radius 3 is 2.22 bits per heavy atom. The molecule has 0 bridgehead atoms. The van der Waals surface area contributed by atoms with Gasteiger partial charge in [0.2, 0.25) is 5.91 Å². The molecule has 1 heterocycles. The molecule has 2 aromatic rings. The lowest BCUT2D eigenvalue weighted by Crippen LogP contribution is -2.54. The van der Waals surface area contributed by atoms with Gasteiger partial charge in [-0.25, -0.2) is 0 Å². The summed E-state index contributed by atoms with van der Waals surface area (Å²) in [7, 11) is 0. The molecule has 144 valence electrons. The fourth-order valence-electron chi connectivity index (χ4n) is 3.12. The number of piperazine rings is 1. The summed E-state index contributed by atoms with van der Waals surface area (Å²) in [5.74, 6) is -0.128. The topological polar surface area (TPSA) is 66.6 Å². The largest absolute Gasteiger partial charge is 0.338 e. The van der Waals surface area contributed by atoms with Crippen LogP contribution in [-0.4, -0.2) is 53.8 Å². The molecule has 0 spiro atoms. The zero-order valence-electron chi connectivity index (χ0n) is 14.9. The summed E-state index contributed by atoms with van der Waals surface area (Å²) in [5.41, 5.74) is 7.71. The van der Waals surface area contributed by atoms with Crippen LogP contribution in [0.5, 0.6) is 0 Å². The van der Waals surface area contributed by atoms with Crippen molar-refractivity contribution in [2.45, 2.75) is 12.5 Å². The second kappa shape index (κ2) is 9.74. The van der Waals surface area contributed by atoms with E-state index in [0.29, 0.717) is 43.2 Å². The number of rotatable bonds is 4. The third kappa shape index (κ3) is 5.45. The van der Waals surface area contributed by atoms with Gasteiger partial charge < -0.3 is 15.5 Å². The van der Waals surface area contributed by atoms with Crippen molar-refractivity contribution in [1.82, 2.24) is 9.80 Å². The molecular formula is C20H23Cl2N3O2. The average molecular weight is 408 g/mol. The second-order valence-electron chi connectivity index (χ2n) is 6.42. The number of hydrogen-bond donors (Lipinski definition) is 1.